The molecule has 0 saturated heterocycles. The number of rotatable bonds is 2. The van der Waals surface area contributed by atoms with Crippen molar-refractivity contribution in [2.75, 3.05) is 0 Å². The number of nitrogens with zero attached hydrogens (tertiary/aromatic N) is 1. The van der Waals surface area contributed by atoms with Crippen LogP contribution in [0.5, 0.6) is 0 Å². The molecule has 0 heterocycles. The molecule has 0 atom stereocenters. The minimum atomic E-state index is 0.643. The van der Waals surface area contributed by atoms with Crippen LogP contribution in [-0.2, 0) is 0 Å². The summed E-state index contributed by atoms with van der Waals surface area (Å²) in [6.45, 7) is 0. The number of allylic oxidation sites excluding steroid dienone is 1. The van der Waals surface area contributed by atoms with Gasteiger partial charge in [-0.3, -0.25) is 4.79 Å². The lowest BCUT2D eigenvalue weighted by Gasteiger charge is -1.91. The van der Waals surface area contributed by atoms with Gasteiger partial charge in [-0.25, -0.2) is 0 Å². The summed E-state index contributed by atoms with van der Waals surface area (Å²) in [6, 6.07) is 8.90. The van der Waals surface area contributed by atoms with E-state index in [1.54, 1.807) is 30.3 Å². The van der Waals surface area contributed by atoms with Gasteiger partial charge < -0.3 is 0 Å². The Morgan fingerprint density at radius 2 is 1.75 bits per heavy atom. The molecular formula is C10H7NO. The van der Waals surface area contributed by atoms with E-state index in [1.165, 1.54) is 6.08 Å². The molecule has 58 valence electrons. The second-order valence-electron chi connectivity index (χ2n) is 2.25. The van der Waals surface area contributed by atoms with E-state index in [4.69, 9.17) is 5.26 Å². The highest BCUT2D eigenvalue weighted by Crippen LogP contribution is 2.03. The van der Waals surface area contributed by atoms with Crippen LogP contribution in [0.3, 0.4) is 0 Å². The van der Waals surface area contributed by atoms with Crippen LogP contribution in [0.1, 0.15) is 15.9 Å². The van der Waals surface area contributed by atoms with E-state index < -0.39 is 0 Å². The van der Waals surface area contributed by atoms with Crippen molar-refractivity contribution in [1.29, 1.82) is 5.26 Å². The molecule has 0 spiro atoms. The van der Waals surface area contributed by atoms with Crippen molar-refractivity contribution in [3.63, 3.8) is 0 Å². The van der Waals surface area contributed by atoms with Gasteiger partial charge in [0.15, 0.2) is 0 Å². The monoisotopic (exact) mass is 157 g/mol. The van der Waals surface area contributed by atoms with E-state index in [1.807, 2.05) is 6.07 Å². The summed E-state index contributed by atoms with van der Waals surface area (Å²) in [5.41, 5.74) is 1.56. The maximum atomic E-state index is 10.3. The first kappa shape index (κ1) is 8.22. The number of carbonyl (C=O) groups excluding carboxylic acids is 1. The number of carbonyl (C=O) groups is 1. The molecule has 1 aromatic rings. The Hall–Kier alpha value is -1.88. The molecule has 0 saturated carbocycles. The lowest BCUT2D eigenvalue weighted by molar-refractivity contribution is 0.112. The van der Waals surface area contributed by atoms with Crippen molar-refractivity contribution in [2.45, 2.75) is 0 Å². The number of aldehydes is 1. The van der Waals surface area contributed by atoms with Gasteiger partial charge in [-0.2, -0.15) is 5.26 Å². The van der Waals surface area contributed by atoms with Crippen molar-refractivity contribution in [3.8, 4) is 6.07 Å². The summed E-state index contributed by atoms with van der Waals surface area (Å²) in [7, 11) is 0. The van der Waals surface area contributed by atoms with Crippen LogP contribution in [-0.4, -0.2) is 6.29 Å². The molecule has 2 heteroatoms. The molecule has 1 rings (SSSR count). The molecule has 0 N–H and O–H groups in total. The molecular weight excluding hydrogens is 150 g/mol. The quantitative estimate of drug-likeness (QED) is 0.487. The van der Waals surface area contributed by atoms with Crippen LogP contribution in [0.25, 0.3) is 6.08 Å². The molecule has 0 aromatic heterocycles. The highest BCUT2D eigenvalue weighted by molar-refractivity contribution is 5.75. The zero-order valence-corrected chi connectivity index (χ0v) is 6.40. The average molecular weight is 157 g/mol. The van der Waals surface area contributed by atoms with Gasteiger partial charge in [0.05, 0.1) is 6.07 Å². The van der Waals surface area contributed by atoms with E-state index in [0.29, 0.717) is 5.56 Å². The number of hydrogen-bond donors (Lipinski definition) is 0. The van der Waals surface area contributed by atoms with Crippen molar-refractivity contribution in [2.24, 2.45) is 0 Å². The summed E-state index contributed by atoms with van der Waals surface area (Å²) in [4.78, 5) is 10.3. The minimum absolute atomic E-state index is 0.643. The Morgan fingerprint density at radius 3 is 2.25 bits per heavy atom. The van der Waals surface area contributed by atoms with E-state index in [0.717, 1.165) is 11.8 Å². The second-order valence-corrected chi connectivity index (χ2v) is 2.25. The number of hydrogen-bond acceptors (Lipinski definition) is 2. The van der Waals surface area contributed by atoms with Crippen molar-refractivity contribution < 1.29 is 4.79 Å². The molecule has 0 aliphatic heterocycles. The first-order valence-corrected chi connectivity index (χ1v) is 3.48. The molecule has 0 aliphatic carbocycles. The van der Waals surface area contributed by atoms with Gasteiger partial charge in [0.25, 0.3) is 0 Å². The van der Waals surface area contributed by atoms with Crippen molar-refractivity contribution >= 4 is 12.4 Å². The summed E-state index contributed by atoms with van der Waals surface area (Å²) in [6.07, 6.45) is 3.88. The fourth-order valence-electron chi connectivity index (χ4n) is 0.819. The summed E-state index contributed by atoms with van der Waals surface area (Å²) in [5, 5.41) is 8.24. The zero-order valence-electron chi connectivity index (χ0n) is 6.40. The molecule has 12 heavy (non-hydrogen) atoms. The van der Waals surface area contributed by atoms with Gasteiger partial charge in [-0.15, -0.1) is 0 Å². The molecule has 0 amide bonds. The zero-order chi connectivity index (χ0) is 8.81. The second kappa shape index (κ2) is 4.09. The first-order valence-electron chi connectivity index (χ1n) is 3.48. The van der Waals surface area contributed by atoms with Crippen LogP contribution in [0.15, 0.2) is 30.3 Å². The molecule has 0 bridgehead atoms. The van der Waals surface area contributed by atoms with Crippen LogP contribution in [0.4, 0.5) is 0 Å². The summed E-state index contributed by atoms with van der Waals surface area (Å²) < 4.78 is 0. The molecule has 0 unspecified atom stereocenters. The van der Waals surface area contributed by atoms with Gasteiger partial charge in [-0.05, 0) is 11.6 Å². The standard InChI is InChI=1S/C10H7NO/c11-7-1-2-9-3-5-10(8-12)6-4-9/h1-6,8H/b2-1+. The number of benzene rings is 1. The predicted octanol–water partition coefficient (Wildman–Crippen LogP) is 2.04. The van der Waals surface area contributed by atoms with E-state index in [9.17, 15) is 4.79 Å². The Labute approximate surface area is 70.8 Å². The third-order valence-corrected chi connectivity index (χ3v) is 1.42. The lowest BCUT2D eigenvalue weighted by atomic mass is 10.1. The minimum Gasteiger partial charge on any atom is -0.298 e. The van der Waals surface area contributed by atoms with Crippen molar-refractivity contribution in [1.82, 2.24) is 0 Å². The van der Waals surface area contributed by atoms with Crippen LogP contribution < -0.4 is 0 Å². The normalized spacial score (nSPS) is 9.58. The largest absolute Gasteiger partial charge is 0.298 e. The fraction of sp³-hybridized carbons (Fsp3) is 0. The summed E-state index contributed by atoms with van der Waals surface area (Å²) >= 11 is 0. The molecule has 0 radical (unpaired) electrons. The Morgan fingerprint density at radius 1 is 1.17 bits per heavy atom. The van der Waals surface area contributed by atoms with Gasteiger partial charge in [0, 0.05) is 11.6 Å². The molecule has 0 fully saturated rings. The topological polar surface area (TPSA) is 40.9 Å². The maximum Gasteiger partial charge on any atom is 0.150 e. The average Bonchev–Trinajstić information content (AvgIpc) is 2.15. The van der Waals surface area contributed by atoms with Gasteiger partial charge in [0.2, 0.25) is 0 Å². The van der Waals surface area contributed by atoms with Gasteiger partial charge >= 0.3 is 0 Å². The Bertz CT molecular complexity index is 330. The lowest BCUT2D eigenvalue weighted by Crippen LogP contribution is -1.78. The van der Waals surface area contributed by atoms with E-state index in [-0.39, 0.29) is 0 Å². The smallest absolute Gasteiger partial charge is 0.150 e. The van der Waals surface area contributed by atoms with E-state index >= 15 is 0 Å². The third kappa shape index (κ3) is 2.06. The van der Waals surface area contributed by atoms with Crippen LogP contribution in [0.2, 0.25) is 0 Å². The maximum absolute atomic E-state index is 10.3. The SMILES string of the molecule is N#C/C=C/c1ccc(C=O)cc1. The van der Waals surface area contributed by atoms with E-state index in [2.05, 4.69) is 0 Å². The molecule has 2 nitrogen and oxygen atoms in total. The van der Waals surface area contributed by atoms with Gasteiger partial charge in [0.1, 0.15) is 6.29 Å². The third-order valence-electron chi connectivity index (χ3n) is 1.42. The van der Waals surface area contributed by atoms with Crippen LogP contribution in [0, 0.1) is 11.3 Å². The molecule has 0 aliphatic rings. The van der Waals surface area contributed by atoms with Crippen LogP contribution >= 0.6 is 0 Å². The van der Waals surface area contributed by atoms with Crippen molar-refractivity contribution in [3.05, 3.63) is 41.5 Å². The van der Waals surface area contributed by atoms with Gasteiger partial charge in [-0.1, -0.05) is 24.3 Å². The molecule has 1 aromatic carbocycles. The fourth-order valence-corrected chi connectivity index (χ4v) is 0.819. The number of nitriles is 1. The highest BCUT2D eigenvalue weighted by Gasteiger charge is 1.88. The Balaban J connectivity index is 2.86. The predicted molar refractivity (Wildman–Crippen MR) is 46.5 cm³/mol. The summed E-state index contributed by atoms with van der Waals surface area (Å²) in [5.74, 6) is 0. The first-order chi connectivity index (χ1) is 5.86. The Kier molecular flexibility index (Phi) is 2.80. The highest BCUT2D eigenvalue weighted by atomic mass is 16.1.